The van der Waals surface area contributed by atoms with Crippen LogP contribution in [0.25, 0.3) is 5.69 Å². The molecule has 0 fully saturated rings. The lowest BCUT2D eigenvalue weighted by molar-refractivity contribution is 0.0949. The number of rotatable bonds is 12. The van der Waals surface area contributed by atoms with Gasteiger partial charge in [-0.2, -0.15) is 0 Å². The van der Waals surface area contributed by atoms with E-state index in [4.69, 9.17) is 18.9 Å². The van der Waals surface area contributed by atoms with Crippen molar-refractivity contribution in [2.24, 2.45) is 0 Å². The molecular weight excluding hydrogens is 536 g/mol. The first-order chi connectivity index (χ1) is 19.2. The predicted octanol–water partition coefficient (Wildman–Crippen LogP) is 3.50. The third kappa shape index (κ3) is 6.00. The Labute approximate surface area is 233 Å². The van der Waals surface area contributed by atoms with Gasteiger partial charge in [-0.05, 0) is 49.2 Å². The summed E-state index contributed by atoms with van der Waals surface area (Å²) < 4.78 is 53.5. The zero-order valence-corrected chi connectivity index (χ0v) is 24.0. The van der Waals surface area contributed by atoms with Crippen LogP contribution in [0.3, 0.4) is 0 Å². The van der Waals surface area contributed by atoms with Crippen molar-refractivity contribution in [2.45, 2.75) is 31.6 Å². The summed E-state index contributed by atoms with van der Waals surface area (Å²) >= 11 is 0. The van der Waals surface area contributed by atoms with Crippen LogP contribution < -0.4 is 18.9 Å². The van der Waals surface area contributed by atoms with E-state index in [0.717, 1.165) is 11.1 Å². The Hall–Kier alpha value is -4.23. The largest absolute Gasteiger partial charge is 0.497 e. The smallest absolute Gasteiger partial charge is 0.243 e. The van der Waals surface area contributed by atoms with Crippen LogP contribution in [0.4, 0.5) is 5.95 Å². The molecule has 0 aliphatic carbocycles. The minimum absolute atomic E-state index is 0.0437. The van der Waals surface area contributed by atoms with Gasteiger partial charge in [0, 0.05) is 25.9 Å². The molecule has 0 amide bonds. The van der Waals surface area contributed by atoms with E-state index in [9.17, 15) is 8.42 Å². The molecule has 0 radical (unpaired) electrons. The maximum Gasteiger partial charge on any atom is 0.243 e. The minimum Gasteiger partial charge on any atom is -0.497 e. The molecule has 13 heteroatoms. The normalized spacial score (nSPS) is 12.9. The van der Waals surface area contributed by atoms with Crippen LogP contribution in [0.2, 0.25) is 0 Å². The van der Waals surface area contributed by atoms with E-state index in [1.807, 2.05) is 31.2 Å². The number of anilines is 1. The van der Waals surface area contributed by atoms with Crippen molar-refractivity contribution in [3.63, 3.8) is 0 Å². The number of para-hydroxylation sites is 1. The second kappa shape index (κ2) is 12.3. The quantitative estimate of drug-likeness (QED) is 0.270. The highest BCUT2D eigenvalue weighted by atomic mass is 32.2. The molecule has 0 saturated heterocycles. The van der Waals surface area contributed by atoms with E-state index < -0.39 is 21.4 Å². The van der Waals surface area contributed by atoms with Gasteiger partial charge >= 0.3 is 0 Å². The summed E-state index contributed by atoms with van der Waals surface area (Å²) in [5.41, 5.74) is 2.19. The highest BCUT2D eigenvalue weighted by molar-refractivity contribution is 7.93. The third-order valence-corrected chi connectivity index (χ3v) is 8.03. The van der Waals surface area contributed by atoms with Gasteiger partial charge in [-0.3, -0.25) is 9.29 Å². The molecule has 0 aliphatic heterocycles. The molecular formula is C27H32N6O6S. The van der Waals surface area contributed by atoms with E-state index in [0.29, 0.717) is 35.2 Å². The first-order valence-corrected chi connectivity index (χ1v) is 13.9. The fourth-order valence-corrected chi connectivity index (χ4v) is 5.28. The van der Waals surface area contributed by atoms with Crippen LogP contribution >= 0.6 is 0 Å². The molecule has 212 valence electrons. The molecule has 0 aliphatic rings. The number of methoxy groups -OCH3 is 4. The van der Waals surface area contributed by atoms with E-state index in [2.05, 4.69) is 24.9 Å². The van der Waals surface area contributed by atoms with Crippen molar-refractivity contribution in [1.82, 2.24) is 24.7 Å². The lowest BCUT2D eigenvalue weighted by atomic mass is 10.1. The summed E-state index contributed by atoms with van der Waals surface area (Å²) in [7, 11) is 1.94. The molecule has 2 aromatic carbocycles. The molecule has 4 aromatic rings. The monoisotopic (exact) mass is 568 g/mol. The predicted molar refractivity (Wildman–Crippen MR) is 149 cm³/mol. The molecule has 2 heterocycles. The van der Waals surface area contributed by atoms with Crippen LogP contribution in [-0.4, -0.2) is 66.8 Å². The number of nitrogens with zero attached hydrogens (tertiary/aromatic N) is 5. The molecule has 40 heavy (non-hydrogen) atoms. The number of nitrogens with one attached hydrogen (secondary N) is 1. The summed E-state index contributed by atoms with van der Waals surface area (Å²) in [6.07, 6.45) is 2.61. The Bertz CT molecular complexity index is 1520. The average Bonchev–Trinajstić information content (AvgIpc) is 3.34. The fraction of sp³-hybridized carbons (Fsp3) is 0.333. The summed E-state index contributed by atoms with van der Waals surface area (Å²) in [6.45, 7) is 3.36. The molecule has 1 N–H and O–H groups in total. The lowest BCUT2D eigenvalue weighted by Gasteiger charge is -2.23. The van der Waals surface area contributed by atoms with Crippen LogP contribution in [0.5, 0.6) is 17.2 Å². The Morgan fingerprint density at radius 1 is 0.900 bits per heavy atom. The lowest BCUT2D eigenvalue weighted by Crippen LogP contribution is -2.33. The van der Waals surface area contributed by atoms with Crippen molar-refractivity contribution in [3.8, 4) is 22.9 Å². The van der Waals surface area contributed by atoms with Gasteiger partial charge < -0.3 is 18.9 Å². The second-order valence-electron chi connectivity index (χ2n) is 8.94. The standard InChI is InChI=1S/C27H32N6O6S/c1-17-15-28-26(29-16-17)25(39-6)18(2)40(34,35)32-27-31-30-23(14-19-10-12-20(36-3)13-11-19)33(27)24-21(37-4)8-7-9-22(24)38-5/h7-13,15-16,18,25H,14H2,1-6H3,(H,31,32). The number of sulfonamides is 1. The second-order valence-corrected chi connectivity index (χ2v) is 11.0. The van der Waals surface area contributed by atoms with Crippen molar-refractivity contribution in [1.29, 1.82) is 0 Å². The van der Waals surface area contributed by atoms with Gasteiger partial charge in [-0.15, -0.1) is 10.2 Å². The summed E-state index contributed by atoms with van der Waals surface area (Å²) in [5.74, 6) is 2.24. The number of benzene rings is 2. The zero-order valence-electron chi connectivity index (χ0n) is 23.2. The van der Waals surface area contributed by atoms with Crippen LogP contribution in [0.1, 0.15) is 35.8 Å². The first kappa shape index (κ1) is 28.8. The molecule has 12 nitrogen and oxygen atoms in total. The van der Waals surface area contributed by atoms with E-state index in [1.165, 1.54) is 28.3 Å². The van der Waals surface area contributed by atoms with Crippen LogP contribution in [0, 0.1) is 6.92 Å². The molecule has 0 saturated carbocycles. The Kier molecular flexibility index (Phi) is 8.85. The van der Waals surface area contributed by atoms with Gasteiger partial charge in [0.05, 0.1) is 21.3 Å². The van der Waals surface area contributed by atoms with E-state index in [-0.39, 0.29) is 11.8 Å². The molecule has 2 unspecified atom stereocenters. The number of ether oxygens (including phenoxy) is 4. The molecule has 0 spiro atoms. The average molecular weight is 569 g/mol. The van der Waals surface area contributed by atoms with E-state index in [1.54, 1.807) is 42.3 Å². The van der Waals surface area contributed by atoms with Gasteiger partial charge in [0.2, 0.25) is 16.0 Å². The number of hydrogen-bond donors (Lipinski definition) is 1. The molecule has 4 rings (SSSR count). The van der Waals surface area contributed by atoms with Gasteiger partial charge in [-0.1, -0.05) is 18.2 Å². The van der Waals surface area contributed by atoms with Gasteiger partial charge in [0.15, 0.2) is 5.82 Å². The topological polar surface area (TPSA) is 140 Å². The summed E-state index contributed by atoms with van der Waals surface area (Å²) in [5, 5.41) is 7.48. The molecule has 2 aromatic heterocycles. The first-order valence-electron chi connectivity index (χ1n) is 12.3. The van der Waals surface area contributed by atoms with Crippen molar-refractivity contribution in [3.05, 3.63) is 77.6 Å². The highest BCUT2D eigenvalue weighted by Gasteiger charge is 2.35. The fourth-order valence-electron chi connectivity index (χ4n) is 4.15. The van der Waals surface area contributed by atoms with E-state index >= 15 is 0 Å². The maximum absolute atomic E-state index is 13.7. The SMILES string of the molecule is COc1ccc(Cc2nnc(NS(=O)(=O)C(C)C(OC)c3ncc(C)cn3)n2-c2c(OC)cccc2OC)cc1. The van der Waals surface area contributed by atoms with Crippen molar-refractivity contribution < 1.29 is 27.4 Å². The Morgan fingerprint density at radius 2 is 1.52 bits per heavy atom. The highest BCUT2D eigenvalue weighted by Crippen LogP contribution is 2.36. The summed E-state index contributed by atoms with van der Waals surface area (Å²) in [4.78, 5) is 8.52. The summed E-state index contributed by atoms with van der Waals surface area (Å²) in [6, 6.07) is 12.7. The third-order valence-electron chi connectivity index (χ3n) is 6.34. The minimum atomic E-state index is -4.10. The number of aromatic nitrogens is 5. The van der Waals surface area contributed by atoms with Gasteiger partial charge in [-0.25, -0.2) is 18.4 Å². The Morgan fingerprint density at radius 3 is 2.08 bits per heavy atom. The molecule has 0 bridgehead atoms. The van der Waals surface area contributed by atoms with Crippen molar-refractivity contribution in [2.75, 3.05) is 33.2 Å². The Balaban J connectivity index is 1.78. The van der Waals surface area contributed by atoms with Crippen LogP contribution in [0.15, 0.2) is 54.9 Å². The number of aryl methyl sites for hydroxylation is 1. The van der Waals surface area contributed by atoms with Gasteiger partial charge in [0.25, 0.3) is 0 Å². The van der Waals surface area contributed by atoms with Crippen molar-refractivity contribution >= 4 is 16.0 Å². The van der Waals surface area contributed by atoms with Gasteiger partial charge in [0.1, 0.15) is 40.1 Å². The molecule has 2 atom stereocenters. The zero-order chi connectivity index (χ0) is 28.9. The number of hydrogen-bond acceptors (Lipinski definition) is 10. The maximum atomic E-state index is 13.7. The van der Waals surface area contributed by atoms with Crippen LogP contribution in [-0.2, 0) is 21.2 Å².